The molecule has 0 amide bonds. The molecule has 0 saturated heterocycles. The molecule has 31 heavy (non-hydrogen) atoms. The van der Waals surface area contributed by atoms with Crippen LogP contribution in [0.2, 0.25) is 0 Å². The molecule has 2 aromatic rings. The smallest absolute Gasteiger partial charge is 0.665 e. The predicted octanol–water partition coefficient (Wildman–Crippen LogP) is 2.97. The van der Waals surface area contributed by atoms with E-state index in [2.05, 4.69) is 69.8 Å². The van der Waals surface area contributed by atoms with Crippen molar-refractivity contribution in [2.75, 3.05) is 0 Å². The third kappa shape index (κ3) is 4.82. The summed E-state index contributed by atoms with van der Waals surface area (Å²) in [6, 6.07) is 8.30. The van der Waals surface area contributed by atoms with Crippen LogP contribution in [0.1, 0.15) is 0 Å². The number of hydrogen-bond acceptors (Lipinski definition) is 0. The van der Waals surface area contributed by atoms with E-state index < -0.39 is 0 Å². The van der Waals surface area contributed by atoms with Crippen molar-refractivity contribution in [2.45, 2.75) is 0 Å². The molecule has 6 rings (SSSR count). The van der Waals surface area contributed by atoms with Gasteiger partial charge in [-0.15, -0.1) is 22.7 Å². The summed E-state index contributed by atoms with van der Waals surface area (Å²) < 4.78 is 0. The van der Waals surface area contributed by atoms with Crippen LogP contribution in [0.3, 0.4) is 0 Å². The van der Waals surface area contributed by atoms with Gasteiger partial charge >= 0.3 is 27.3 Å². The van der Waals surface area contributed by atoms with Crippen LogP contribution in [0.4, 0.5) is 22.7 Å². The fraction of sp³-hybridized carbons (Fsp3) is 0. The Morgan fingerprint density at radius 3 is 0.839 bits per heavy atom. The molecule has 0 atom stereocenters. The minimum absolute atomic E-state index is 0. The largest absolute Gasteiger partial charge is 2.00 e. The Balaban J connectivity index is 0.000000201. The molecule has 4 aliphatic heterocycles. The van der Waals surface area contributed by atoms with E-state index in [9.17, 15) is 0 Å². The van der Waals surface area contributed by atoms with Crippen LogP contribution in [0.5, 0.6) is 0 Å². The molecule has 0 radical (unpaired) electrons. The minimum Gasteiger partial charge on any atom is -0.665 e. The Hall–Kier alpha value is -3.08. The first-order chi connectivity index (χ1) is 13.9. The van der Waals surface area contributed by atoms with Crippen molar-refractivity contribution >= 4 is 47.1 Å². The molecule has 4 heterocycles. The topological polar surface area (TPSA) is 119 Å². The van der Waals surface area contributed by atoms with Gasteiger partial charge < -0.3 is 32.2 Å². The fourth-order valence-electron chi connectivity index (χ4n) is 3.36. The van der Waals surface area contributed by atoms with E-state index in [1.165, 1.54) is 0 Å². The molecule has 4 N–H and O–H groups in total. The summed E-state index contributed by atoms with van der Waals surface area (Å²) in [5, 5.41) is 21.9. The molecule has 0 spiro atoms. The average Bonchev–Trinajstić information content (AvgIpc) is 2.79. The molecule has 4 aliphatic rings. The normalized spacial score (nSPS) is 13.9. The Labute approximate surface area is 200 Å². The zero-order valence-electron chi connectivity index (χ0n) is 16.7. The van der Waals surface area contributed by atoms with Crippen LogP contribution in [0.15, 0.2) is 73.4 Å². The molecule has 0 saturated carbocycles. The molecule has 7 heteroatoms. The maximum absolute atomic E-state index is 4.35. The van der Waals surface area contributed by atoms with Crippen LogP contribution in [-0.4, -0.2) is 11.0 Å². The minimum atomic E-state index is 0. The third-order valence-electron chi connectivity index (χ3n) is 4.69. The maximum atomic E-state index is 4.35. The van der Waals surface area contributed by atoms with Crippen molar-refractivity contribution in [1.29, 1.82) is 0 Å². The average molecular weight is 509 g/mol. The standard InChI is InChI=1S/2C12H8N2.Cd.2H2O/c2*1-3-9-5-6-10-4-2-8-14-12(10)11(9)13-7-1;;;/h2*1-8H;;2*1H2/q2*-2;+2;;. The van der Waals surface area contributed by atoms with Gasteiger partial charge in [-0.2, -0.15) is 24.8 Å². The Kier molecular flexibility index (Phi) is 8.43. The predicted molar refractivity (Wildman–Crippen MR) is 125 cm³/mol. The van der Waals surface area contributed by atoms with Gasteiger partial charge in [-0.25, -0.2) is 0 Å². The van der Waals surface area contributed by atoms with Crippen molar-refractivity contribution in [3.05, 3.63) is 116 Å². The third-order valence-corrected chi connectivity index (χ3v) is 4.69. The van der Waals surface area contributed by atoms with E-state index in [1.54, 1.807) is 24.8 Å². The first-order valence-electron chi connectivity index (χ1n) is 9.07. The summed E-state index contributed by atoms with van der Waals surface area (Å²) in [5.74, 6) is 0. The molecule has 0 aliphatic carbocycles. The van der Waals surface area contributed by atoms with Gasteiger partial charge in [0.05, 0.1) is 0 Å². The molecule has 0 fully saturated rings. The Morgan fingerprint density at radius 2 is 0.613 bits per heavy atom. The van der Waals surface area contributed by atoms with Crippen LogP contribution in [0.25, 0.3) is 45.6 Å². The summed E-state index contributed by atoms with van der Waals surface area (Å²) in [4.78, 5) is 0. The molecular formula is C24H20CdN4O2-2. The summed E-state index contributed by atoms with van der Waals surface area (Å²) in [7, 11) is 0. The number of fused-ring (bicyclic) bond motifs is 6. The zero-order valence-corrected chi connectivity index (χ0v) is 20.8. The molecular weight excluding hydrogens is 489 g/mol. The van der Waals surface area contributed by atoms with Crippen LogP contribution in [0, 0.1) is 0 Å². The SMILES string of the molecule is C1=C[N-]c2c3c(ccc2=C1)=CC=C[N-]3.C1=C[N-]c2c3c(ccc2=C1)=CC=C[N-]3.O.O.[Cd+2]. The van der Waals surface area contributed by atoms with E-state index >= 15 is 0 Å². The fourth-order valence-corrected chi connectivity index (χ4v) is 3.36. The molecule has 0 unspecified atom stereocenters. The maximum Gasteiger partial charge on any atom is 2.00 e. The first-order valence-corrected chi connectivity index (χ1v) is 9.07. The van der Waals surface area contributed by atoms with Gasteiger partial charge in [0, 0.05) is 0 Å². The molecule has 0 aromatic heterocycles. The molecule has 0 bridgehead atoms. The van der Waals surface area contributed by atoms with Crippen molar-refractivity contribution in [3.8, 4) is 0 Å². The van der Waals surface area contributed by atoms with Gasteiger partial charge in [0.25, 0.3) is 0 Å². The number of rotatable bonds is 0. The molecule has 2 aromatic carbocycles. The quantitative estimate of drug-likeness (QED) is 0.486. The van der Waals surface area contributed by atoms with Gasteiger partial charge in [-0.1, -0.05) is 72.9 Å². The molecule has 6 nitrogen and oxygen atoms in total. The van der Waals surface area contributed by atoms with Gasteiger partial charge in [0.1, 0.15) is 0 Å². The van der Waals surface area contributed by atoms with E-state index in [1.807, 2.05) is 24.3 Å². The second kappa shape index (κ2) is 10.8. The number of allylic oxidation sites excluding steroid dienone is 4. The van der Waals surface area contributed by atoms with E-state index in [0.29, 0.717) is 0 Å². The van der Waals surface area contributed by atoms with Crippen molar-refractivity contribution in [2.24, 2.45) is 0 Å². The van der Waals surface area contributed by atoms with Gasteiger partial charge in [-0.05, 0) is 20.9 Å². The monoisotopic (exact) mass is 510 g/mol. The Bertz CT molecular complexity index is 1120. The summed E-state index contributed by atoms with van der Waals surface area (Å²) in [5.41, 5.74) is 3.91. The first kappa shape index (κ1) is 24.2. The second-order valence-electron chi connectivity index (χ2n) is 6.43. The van der Waals surface area contributed by atoms with Gasteiger partial charge in [0.2, 0.25) is 0 Å². The van der Waals surface area contributed by atoms with Crippen molar-refractivity contribution < 1.29 is 38.3 Å². The van der Waals surface area contributed by atoms with E-state index in [0.717, 1.165) is 43.6 Å². The summed E-state index contributed by atoms with van der Waals surface area (Å²) in [6.07, 6.45) is 23.2. The van der Waals surface area contributed by atoms with Crippen LogP contribution < -0.4 is 20.9 Å². The van der Waals surface area contributed by atoms with Crippen LogP contribution in [-0.2, 0) is 27.3 Å². The van der Waals surface area contributed by atoms with E-state index in [-0.39, 0.29) is 38.3 Å². The van der Waals surface area contributed by atoms with Gasteiger partial charge in [0.15, 0.2) is 0 Å². The van der Waals surface area contributed by atoms with Crippen molar-refractivity contribution in [1.82, 2.24) is 0 Å². The van der Waals surface area contributed by atoms with E-state index in [4.69, 9.17) is 0 Å². The van der Waals surface area contributed by atoms with Gasteiger partial charge in [-0.3, -0.25) is 0 Å². The number of benzene rings is 2. The molecule has 152 valence electrons. The Morgan fingerprint density at radius 1 is 0.387 bits per heavy atom. The van der Waals surface area contributed by atoms with Crippen molar-refractivity contribution in [3.63, 3.8) is 0 Å². The van der Waals surface area contributed by atoms with Crippen LogP contribution >= 0.6 is 0 Å². The summed E-state index contributed by atoms with van der Waals surface area (Å²) in [6.45, 7) is 0. The number of hydrogen-bond donors (Lipinski definition) is 0. The summed E-state index contributed by atoms with van der Waals surface area (Å²) >= 11 is 0. The number of nitrogens with zero attached hydrogens (tertiary/aromatic N) is 4. The second-order valence-corrected chi connectivity index (χ2v) is 6.43. The zero-order chi connectivity index (χ0) is 18.8.